The lowest BCUT2D eigenvalue weighted by atomic mass is 10.1. The van der Waals surface area contributed by atoms with Gasteiger partial charge in [0, 0.05) is 17.6 Å². The molecule has 0 aliphatic rings. The minimum Gasteiger partial charge on any atom is -0.352 e. The van der Waals surface area contributed by atoms with Gasteiger partial charge < -0.3 is 10.2 Å². The number of aryl methyl sites for hydroxylation is 2. The third-order valence-electron chi connectivity index (χ3n) is 5.32. The van der Waals surface area contributed by atoms with Gasteiger partial charge >= 0.3 is 0 Å². The van der Waals surface area contributed by atoms with E-state index >= 15 is 0 Å². The summed E-state index contributed by atoms with van der Waals surface area (Å²) in [5, 5.41) is 3.19. The van der Waals surface area contributed by atoms with Gasteiger partial charge in [0.2, 0.25) is 21.8 Å². The van der Waals surface area contributed by atoms with Crippen LogP contribution in [0.2, 0.25) is 5.02 Å². The third kappa shape index (κ3) is 7.20. The maximum Gasteiger partial charge on any atom is 0.244 e. The van der Waals surface area contributed by atoms with E-state index in [-0.39, 0.29) is 18.5 Å². The Kier molecular flexibility index (Phi) is 8.91. The average molecular weight is 494 g/mol. The third-order valence-corrected chi connectivity index (χ3v) is 6.68. The van der Waals surface area contributed by atoms with Gasteiger partial charge in [-0.3, -0.25) is 13.9 Å². The summed E-state index contributed by atoms with van der Waals surface area (Å²) in [4.78, 5) is 27.7. The van der Waals surface area contributed by atoms with Crippen molar-refractivity contribution >= 4 is 39.1 Å². The molecule has 0 radical (unpaired) electrons. The smallest absolute Gasteiger partial charge is 0.244 e. The maximum absolute atomic E-state index is 13.5. The Morgan fingerprint density at radius 2 is 1.67 bits per heavy atom. The molecule has 1 N–H and O–H groups in total. The molecular weight excluding hydrogens is 462 g/mol. The number of hydrogen-bond acceptors (Lipinski definition) is 4. The number of carbonyl (C=O) groups excluding carboxylic acids is 2. The topological polar surface area (TPSA) is 86.8 Å². The molecule has 33 heavy (non-hydrogen) atoms. The number of hydrogen-bond donors (Lipinski definition) is 1. The standard InChI is InChI=1S/C24H32ClN3O4S/c1-16(2)26-24(30)19(5)27(14-20-10-8-7-9-17(20)3)23(29)15-28(33(6,31)32)22-13-21(25)12-11-18(22)4/h7-13,16,19H,14-15H2,1-6H3,(H,26,30)/t19-/m1/s1. The first-order valence-electron chi connectivity index (χ1n) is 10.7. The second-order valence-electron chi connectivity index (χ2n) is 8.49. The molecule has 0 bridgehead atoms. The first-order valence-corrected chi connectivity index (χ1v) is 12.9. The molecule has 0 saturated heterocycles. The molecule has 7 nitrogen and oxygen atoms in total. The number of anilines is 1. The molecule has 0 aliphatic carbocycles. The normalized spacial score (nSPS) is 12.4. The van der Waals surface area contributed by atoms with Crippen molar-refractivity contribution < 1.29 is 18.0 Å². The van der Waals surface area contributed by atoms with Crippen LogP contribution < -0.4 is 9.62 Å². The van der Waals surface area contributed by atoms with Crippen molar-refractivity contribution in [1.82, 2.24) is 10.2 Å². The fourth-order valence-electron chi connectivity index (χ4n) is 3.40. The Labute approximate surface area is 201 Å². The Morgan fingerprint density at radius 3 is 2.24 bits per heavy atom. The van der Waals surface area contributed by atoms with Gasteiger partial charge in [0.15, 0.2) is 0 Å². The van der Waals surface area contributed by atoms with Crippen molar-refractivity contribution in [3.05, 3.63) is 64.2 Å². The van der Waals surface area contributed by atoms with Crippen molar-refractivity contribution in [2.45, 2.75) is 53.2 Å². The predicted molar refractivity (Wildman–Crippen MR) is 133 cm³/mol. The van der Waals surface area contributed by atoms with E-state index in [9.17, 15) is 18.0 Å². The van der Waals surface area contributed by atoms with E-state index in [2.05, 4.69) is 5.32 Å². The summed E-state index contributed by atoms with van der Waals surface area (Å²) in [6.07, 6.45) is 1.04. The minimum absolute atomic E-state index is 0.100. The molecule has 2 amide bonds. The first kappa shape index (κ1) is 26.7. The van der Waals surface area contributed by atoms with Crippen LogP contribution in [0.4, 0.5) is 5.69 Å². The van der Waals surface area contributed by atoms with Crippen molar-refractivity contribution in [3.8, 4) is 0 Å². The molecule has 0 spiro atoms. The summed E-state index contributed by atoms with van der Waals surface area (Å²) in [6.45, 7) is 8.71. The van der Waals surface area contributed by atoms with Crippen molar-refractivity contribution in [2.24, 2.45) is 0 Å². The number of amides is 2. The van der Waals surface area contributed by atoms with Crippen LogP contribution in [0, 0.1) is 13.8 Å². The number of halogens is 1. The van der Waals surface area contributed by atoms with Gasteiger partial charge in [-0.25, -0.2) is 8.42 Å². The molecule has 0 unspecified atom stereocenters. The lowest BCUT2D eigenvalue weighted by Gasteiger charge is -2.32. The summed E-state index contributed by atoms with van der Waals surface area (Å²) in [7, 11) is -3.81. The quantitative estimate of drug-likeness (QED) is 0.577. The SMILES string of the molecule is Cc1ccccc1CN(C(=O)CN(c1cc(Cl)ccc1C)S(C)(=O)=O)[C@H](C)C(=O)NC(C)C. The first-order chi connectivity index (χ1) is 15.3. The Balaban J connectivity index is 2.45. The van der Waals surface area contributed by atoms with E-state index in [0.717, 1.165) is 21.7 Å². The molecule has 9 heteroatoms. The van der Waals surface area contributed by atoms with Crippen LogP contribution in [-0.2, 0) is 26.2 Å². The van der Waals surface area contributed by atoms with Gasteiger partial charge in [0.1, 0.15) is 12.6 Å². The van der Waals surface area contributed by atoms with Gasteiger partial charge in [-0.15, -0.1) is 0 Å². The molecule has 0 fully saturated rings. The van der Waals surface area contributed by atoms with E-state index in [4.69, 9.17) is 11.6 Å². The summed E-state index contributed by atoms with van der Waals surface area (Å²) in [5.74, 6) is -0.800. The van der Waals surface area contributed by atoms with Crippen molar-refractivity contribution in [1.29, 1.82) is 0 Å². The molecule has 2 aromatic carbocycles. The van der Waals surface area contributed by atoms with E-state index in [1.54, 1.807) is 26.0 Å². The molecule has 2 aromatic rings. The minimum atomic E-state index is -3.81. The number of rotatable bonds is 9. The highest BCUT2D eigenvalue weighted by molar-refractivity contribution is 7.92. The molecular formula is C24H32ClN3O4S. The predicted octanol–water partition coefficient (Wildman–Crippen LogP) is 3.66. The van der Waals surface area contributed by atoms with Crippen molar-refractivity contribution in [3.63, 3.8) is 0 Å². The molecule has 1 atom stereocenters. The zero-order valence-corrected chi connectivity index (χ0v) is 21.5. The highest BCUT2D eigenvalue weighted by Gasteiger charge is 2.31. The van der Waals surface area contributed by atoms with E-state index in [0.29, 0.717) is 16.3 Å². The monoisotopic (exact) mass is 493 g/mol. The molecule has 0 heterocycles. The van der Waals surface area contributed by atoms with Gasteiger partial charge in [0.05, 0.1) is 11.9 Å². The Morgan fingerprint density at radius 1 is 1.03 bits per heavy atom. The summed E-state index contributed by atoms with van der Waals surface area (Å²) < 4.78 is 26.3. The van der Waals surface area contributed by atoms with Crippen LogP contribution in [0.25, 0.3) is 0 Å². The fourth-order valence-corrected chi connectivity index (χ4v) is 4.47. The highest BCUT2D eigenvalue weighted by Crippen LogP contribution is 2.27. The molecule has 0 aliphatic heterocycles. The zero-order valence-electron chi connectivity index (χ0n) is 19.9. The Hall–Kier alpha value is -2.58. The van der Waals surface area contributed by atoms with Crippen molar-refractivity contribution in [2.75, 3.05) is 17.1 Å². The Bertz CT molecular complexity index is 1120. The maximum atomic E-state index is 13.5. The van der Waals surface area contributed by atoms with E-state index in [1.165, 1.54) is 11.0 Å². The van der Waals surface area contributed by atoms with Gasteiger partial charge in [0.25, 0.3) is 0 Å². The summed E-state index contributed by atoms with van der Waals surface area (Å²) in [5.41, 5.74) is 2.83. The molecule has 0 aromatic heterocycles. The second kappa shape index (κ2) is 11.0. The number of nitrogens with one attached hydrogen (secondary N) is 1. The average Bonchev–Trinajstić information content (AvgIpc) is 2.71. The number of sulfonamides is 1. The van der Waals surface area contributed by atoms with Crippen LogP contribution >= 0.6 is 11.6 Å². The highest BCUT2D eigenvalue weighted by atomic mass is 35.5. The van der Waals surface area contributed by atoms with Crippen LogP contribution in [0.5, 0.6) is 0 Å². The molecule has 0 saturated carbocycles. The second-order valence-corrected chi connectivity index (χ2v) is 10.8. The van der Waals surface area contributed by atoms with Gasteiger partial charge in [-0.1, -0.05) is 41.9 Å². The van der Waals surface area contributed by atoms with Crippen LogP contribution in [0.15, 0.2) is 42.5 Å². The van der Waals surface area contributed by atoms with Gasteiger partial charge in [-0.2, -0.15) is 0 Å². The zero-order chi connectivity index (χ0) is 24.9. The number of carbonyl (C=O) groups is 2. The van der Waals surface area contributed by atoms with E-state index in [1.807, 2.05) is 45.0 Å². The largest absolute Gasteiger partial charge is 0.352 e. The molecule has 180 valence electrons. The summed E-state index contributed by atoms with van der Waals surface area (Å²) >= 11 is 6.11. The van der Waals surface area contributed by atoms with Crippen LogP contribution in [0.1, 0.15) is 37.5 Å². The number of benzene rings is 2. The van der Waals surface area contributed by atoms with E-state index < -0.39 is 28.5 Å². The van der Waals surface area contributed by atoms with Gasteiger partial charge in [-0.05, 0) is 63.4 Å². The number of nitrogens with zero attached hydrogens (tertiary/aromatic N) is 2. The van der Waals surface area contributed by atoms with Crippen LogP contribution in [0.3, 0.4) is 0 Å². The molecule has 2 rings (SSSR count). The van der Waals surface area contributed by atoms with Crippen LogP contribution in [-0.4, -0.2) is 50.0 Å². The lowest BCUT2D eigenvalue weighted by Crippen LogP contribution is -2.52. The fraction of sp³-hybridized carbons (Fsp3) is 0.417. The lowest BCUT2D eigenvalue weighted by molar-refractivity contribution is -0.139. The summed E-state index contributed by atoms with van der Waals surface area (Å²) in [6, 6.07) is 11.5.